The summed E-state index contributed by atoms with van der Waals surface area (Å²) in [5.41, 5.74) is 1.99. The van der Waals surface area contributed by atoms with Crippen LogP contribution in [0.25, 0.3) is 0 Å². The highest BCUT2D eigenvalue weighted by atomic mass is 16.5. The molecule has 2 heterocycles. The van der Waals surface area contributed by atoms with E-state index >= 15 is 0 Å². The second kappa shape index (κ2) is 8.62. The SMILES string of the molecule is COc1cccc(CC(=O)NC(c2cccnc2)C2CCOCC2)c1. The van der Waals surface area contributed by atoms with Crippen LogP contribution < -0.4 is 10.1 Å². The summed E-state index contributed by atoms with van der Waals surface area (Å²) in [6.07, 6.45) is 5.81. The van der Waals surface area contributed by atoms with Crippen molar-refractivity contribution in [3.8, 4) is 5.75 Å². The highest BCUT2D eigenvalue weighted by molar-refractivity contribution is 5.79. The Morgan fingerprint density at radius 3 is 2.88 bits per heavy atom. The van der Waals surface area contributed by atoms with E-state index in [1.165, 1.54) is 0 Å². The quantitative estimate of drug-likeness (QED) is 0.878. The van der Waals surface area contributed by atoms with Crippen LogP contribution in [0.2, 0.25) is 0 Å². The Kier molecular flexibility index (Phi) is 6.01. The van der Waals surface area contributed by atoms with Gasteiger partial charge in [0.15, 0.2) is 0 Å². The number of ether oxygens (including phenoxy) is 2. The Morgan fingerprint density at radius 2 is 2.16 bits per heavy atom. The van der Waals surface area contributed by atoms with Gasteiger partial charge in [0.1, 0.15) is 5.75 Å². The van der Waals surface area contributed by atoms with Crippen molar-refractivity contribution in [3.05, 3.63) is 59.9 Å². The standard InChI is InChI=1S/C20H24N2O3/c1-24-18-6-2-4-15(12-18)13-19(23)22-20(16-7-10-25-11-8-16)17-5-3-9-21-14-17/h2-6,9,12,14,16,20H,7-8,10-11,13H2,1H3,(H,22,23). The largest absolute Gasteiger partial charge is 0.497 e. The fraction of sp³-hybridized carbons (Fsp3) is 0.400. The molecule has 1 aromatic carbocycles. The number of rotatable bonds is 6. The fourth-order valence-electron chi connectivity index (χ4n) is 3.27. The molecule has 0 radical (unpaired) electrons. The van der Waals surface area contributed by atoms with Gasteiger partial charge in [0.05, 0.1) is 19.6 Å². The zero-order valence-corrected chi connectivity index (χ0v) is 14.5. The molecule has 5 nitrogen and oxygen atoms in total. The molecule has 1 amide bonds. The fourth-order valence-corrected chi connectivity index (χ4v) is 3.27. The number of hydrogen-bond acceptors (Lipinski definition) is 4. The van der Waals surface area contributed by atoms with Crippen molar-refractivity contribution >= 4 is 5.91 Å². The van der Waals surface area contributed by atoms with Crippen LogP contribution >= 0.6 is 0 Å². The highest BCUT2D eigenvalue weighted by Gasteiger charge is 2.27. The Hall–Kier alpha value is -2.40. The van der Waals surface area contributed by atoms with Crippen LogP contribution in [0.4, 0.5) is 0 Å². The van der Waals surface area contributed by atoms with E-state index in [0.29, 0.717) is 12.3 Å². The molecule has 2 aromatic rings. The van der Waals surface area contributed by atoms with E-state index < -0.39 is 0 Å². The molecule has 1 aliphatic rings. The van der Waals surface area contributed by atoms with Crippen LogP contribution in [0.1, 0.15) is 30.0 Å². The van der Waals surface area contributed by atoms with E-state index in [1.54, 1.807) is 13.3 Å². The number of carbonyl (C=O) groups is 1. The number of aromatic nitrogens is 1. The molecule has 0 saturated carbocycles. The van der Waals surface area contributed by atoms with Crippen LogP contribution in [0.5, 0.6) is 5.75 Å². The van der Waals surface area contributed by atoms with Gasteiger partial charge in [-0.2, -0.15) is 0 Å². The highest BCUT2D eigenvalue weighted by Crippen LogP contribution is 2.29. The molecule has 0 aliphatic carbocycles. The summed E-state index contributed by atoms with van der Waals surface area (Å²) in [6, 6.07) is 11.5. The van der Waals surface area contributed by atoms with Gasteiger partial charge in [-0.25, -0.2) is 0 Å². The summed E-state index contributed by atoms with van der Waals surface area (Å²) in [4.78, 5) is 16.9. The molecule has 5 heteroatoms. The predicted molar refractivity (Wildman–Crippen MR) is 95.4 cm³/mol. The first-order valence-corrected chi connectivity index (χ1v) is 8.66. The van der Waals surface area contributed by atoms with Crippen molar-refractivity contribution in [1.29, 1.82) is 0 Å². The molecular formula is C20H24N2O3. The van der Waals surface area contributed by atoms with Gasteiger partial charge in [-0.15, -0.1) is 0 Å². The van der Waals surface area contributed by atoms with Crippen molar-refractivity contribution in [1.82, 2.24) is 10.3 Å². The Labute approximate surface area is 148 Å². The van der Waals surface area contributed by atoms with E-state index in [9.17, 15) is 4.79 Å². The van der Waals surface area contributed by atoms with Crippen molar-refractivity contribution in [2.75, 3.05) is 20.3 Å². The molecule has 3 rings (SSSR count). The molecule has 132 valence electrons. The average molecular weight is 340 g/mol. The monoisotopic (exact) mass is 340 g/mol. The molecular weight excluding hydrogens is 316 g/mol. The third-order valence-corrected chi connectivity index (χ3v) is 4.60. The van der Waals surface area contributed by atoms with Crippen molar-refractivity contribution < 1.29 is 14.3 Å². The minimum Gasteiger partial charge on any atom is -0.497 e. The maximum absolute atomic E-state index is 12.6. The molecule has 1 fully saturated rings. The Bertz CT molecular complexity index is 684. The first-order chi connectivity index (χ1) is 12.3. The van der Waals surface area contributed by atoms with E-state index in [1.807, 2.05) is 42.6 Å². The zero-order valence-electron chi connectivity index (χ0n) is 14.5. The summed E-state index contributed by atoms with van der Waals surface area (Å²) in [6.45, 7) is 1.49. The molecule has 1 saturated heterocycles. The molecule has 1 aromatic heterocycles. The van der Waals surface area contributed by atoms with Crippen LogP contribution in [-0.2, 0) is 16.0 Å². The van der Waals surface area contributed by atoms with E-state index in [2.05, 4.69) is 10.3 Å². The van der Waals surface area contributed by atoms with Gasteiger partial charge in [-0.3, -0.25) is 9.78 Å². The number of benzene rings is 1. The van der Waals surface area contributed by atoms with Gasteiger partial charge >= 0.3 is 0 Å². The topological polar surface area (TPSA) is 60.5 Å². The second-order valence-corrected chi connectivity index (χ2v) is 6.31. The molecule has 1 N–H and O–H groups in total. The maximum atomic E-state index is 12.6. The zero-order chi connectivity index (χ0) is 17.5. The summed E-state index contributed by atoms with van der Waals surface area (Å²) in [5.74, 6) is 1.14. The summed E-state index contributed by atoms with van der Waals surface area (Å²) in [7, 11) is 1.63. The van der Waals surface area contributed by atoms with Crippen LogP contribution in [-0.4, -0.2) is 31.2 Å². The number of pyridine rings is 1. The second-order valence-electron chi connectivity index (χ2n) is 6.31. The third-order valence-electron chi connectivity index (χ3n) is 4.60. The molecule has 1 aliphatic heterocycles. The molecule has 0 spiro atoms. The lowest BCUT2D eigenvalue weighted by Crippen LogP contribution is -2.36. The molecule has 25 heavy (non-hydrogen) atoms. The van der Waals surface area contributed by atoms with Gasteiger partial charge in [-0.05, 0) is 48.1 Å². The lowest BCUT2D eigenvalue weighted by atomic mass is 9.87. The molecule has 1 atom stereocenters. The van der Waals surface area contributed by atoms with E-state index in [4.69, 9.17) is 9.47 Å². The predicted octanol–water partition coefficient (Wildman–Crippen LogP) is 2.92. The van der Waals surface area contributed by atoms with Crippen molar-refractivity contribution in [2.24, 2.45) is 5.92 Å². The number of carbonyl (C=O) groups excluding carboxylic acids is 1. The van der Waals surface area contributed by atoms with Gasteiger partial charge in [-0.1, -0.05) is 18.2 Å². The number of methoxy groups -OCH3 is 1. The summed E-state index contributed by atoms with van der Waals surface area (Å²) < 4.78 is 10.7. The molecule has 1 unspecified atom stereocenters. The van der Waals surface area contributed by atoms with E-state index in [-0.39, 0.29) is 11.9 Å². The third kappa shape index (κ3) is 4.79. The number of nitrogens with one attached hydrogen (secondary N) is 1. The summed E-state index contributed by atoms with van der Waals surface area (Å²) in [5, 5.41) is 3.21. The maximum Gasteiger partial charge on any atom is 0.224 e. The van der Waals surface area contributed by atoms with Crippen molar-refractivity contribution in [3.63, 3.8) is 0 Å². The van der Waals surface area contributed by atoms with Crippen LogP contribution in [0.15, 0.2) is 48.8 Å². The number of nitrogens with zero attached hydrogens (tertiary/aromatic N) is 1. The van der Waals surface area contributed by atoms with Gasteiger partial charge < -0.3 is 14.8 Å². The normalized spacial score (nSPS) is 16.2. The molecule has 0 bridgehead atoms. The van der Waals surface area contributed by atoms with Gasteiger partial charge in [0, 0.05) is 25.6 Å². The van der Waals surface area contributed by atoms with E-state index in [0.717, 1.165) is 42.9 Å². The first-order valence-electron chi connectivity index (χ1n) is 8.66. The number of amides is 1. The smallest absolute Gasteiger partial charge is 0.224 e. The van der Waals surface area contributed by atoms with Crippen molar-refractivity contribution in [2.45, 2.75) is 25.3 Å². The van der Waals surface area contributed by atoms with Crippen LogP contribution in [0.3, 0.4) is 0 Å². The lowest BCUT2D eigenvalue weighted by Gasteiger charge is -2.31. The van der Waals surface area contributed by atoms with Crippen LogP contribution in [0, 0.1) is 5.92 Å². The average Bonchev–Trinajstić information content (AvgIpc) is 2.67. The minimum absolute atomic E-state index is 0.00796. The minimum atomic E-state index is -0.0318. The van der Waals surface area contributed by atoms with Gasteiger partial charge in [0.25, 0.3) is 0 Å². The Morgan fingerprint density at radius 1 is 1.32 bits per heavy atom. The number of hydrogen-bond donors (Lipinski definition) is 1. The summed E-state index contributed by atoms with van der Waals surface area (Å²) >= 11 is 0. The Balaban J connectivity index is 1.71. The first kappa shape index (κ1) is 17.4. The van der Waals surface area contributed by atoms with Gasteiger partial charge in [0.2, 0.25) is 5.91 Å². The lowest BCUT2D eigenvalue weighted by molar-refractivity contribution is -0.121.